The highest BCUT2D eigenvalue weighted by molar-refractivity contribution is 7.90. The van der Waals surface area contributed by atoms with Gasteiger partial charge in [-0.2, -0.15) is 0 Å². The van der Waals surface area contributed by atoms with Gasteiger partial charge in [0.25, 0.3) is 0 Å². The highest BCUT2D eigenvalue weighted by Crippen LogP contribution is 2.29. The first-order valence-electron chi connectivity index (χ1n) is 8.74. The monoisotopic (exact) mass is 383 g/mol. The normalized spacial score (nSPS) is 16.0. The van der Waals surface area contributed by atoms with Gasteiger partial charge in [-0.05, 0) is 55.2 Å². The number of methoxy groups -OCH3 is 1. The van der Waals surface area contributed by atoms with Gasteiger partial charge < -0.3 is 10.1 Å². The predicted octanol–water partition coefficient (Wildman–Crippen LogP) is 3.70. The number of nitrogens with one attached hydrogen (secondary N) is 3. The molecule has 27 heavy (non-hydrogen) atoms. The van der Waals surface area contributed by atoms with Gasteiger partial charge in [0.1, 0.15) is 27.8 Å². The Balaban J connectivity index is 1.54. The Bertz CT molecular complexity index is 1060. The van der Waals surface area contributed by atoms with Crippen LogP contribution in [-0.2, 0) is 9.92 Å². The quantitative estimate of drug-likeness (QED) is 0.578. The number of benzene rings is 2. The molecule has 1 atom stereocenters. The minimum Gasteiger partial charge on any atom is -0.497 e. The number of hydrogen-bond donors (Lipinski definition) is 3. The van der Waals surface area contributed by atoms with Crippen molar-refractivity contribution in [2.24, 2.45) is 5.92 Å². The second-order valence-corrected chi connectivity index (χ2v) is 8.48. The fourth-order valence-corrected chi connectivity index (χ4v) is 3.93. The van der Waals surface area contributed by atoms with E-state index in [1.807, 2.05) is 18.2 Å². The van der Waals surface area contributed by atoms with Crippen LogP contribution in [0.2, 0.25) is 0 Å². The van der Waals surface area contributed by atoms with Crippen LogP contribution in [0.3, 0.4) is 0 Å². The topological polar surface area (TPSA) is 100.0 Å². The number of rotatable bonds is 7. The molecule has 3 aromatic rings. The lowest BCUT2D eigenvalue weighted by Gasteiger charge is -2.12. The number of anilines is 2. The van der Waals surface area contributed by atoms with Crippen molar-refractivity contribution in [3.63, 3.8) is 0 Å². The summed E-state index contributed by atoms with van der Waals surface area (Å²) in [7, 11) is -1.35. The van der Waals surface area contributed by atoms with Crippen molar-refractivity contribution < 1.29 is 8.95 Å². The van der Waals surface area contributed by atoms with E-state index >= 15 is 0 Å². The molecule has 0 aliphatic heterocycles. The molecular formula is C19H21N5O2S. The number of ether oxygens (including phenoxy) is 1. The summed E-state index contributed by atoms with van der Waals surface area (Å²) < 4.78 is 28.7. The molecule has 8 heteroatoms. The SMILES string of the molecule is COc1ccc2c(Nc3ccc(S(=N)(=O)NCC4CC4)cc3)ncnc2c1. The van der Waals surface area contributed by atoms with E-state index in [0.717, 1.165) is 35.2 Å². The van der Waals surface area contributed by atoms with Crippen LogP contribution in [0.15, 0.2) is 53.7 Å². The van der Waals surface area contributed by atoms with Crippen molar-refractivity contribution in [2.45, 2.75) is 17.7 Å². The van der Waals surface area contributed by atoms with Gasteiger partial charge in [-0.25, -0.2) is 23.7 Å². The Kier molecular flexibility index (Phi) is 4.67. The van der Waals surface area contributed by atoms with Gasteiger partial charge in [0.15, 0.2) is 0 Å². The molecule has 1 aromatic heterocycles. The molecule has 0 saturated heterocycles. The molecule has 0 amide bonds. The average molecular weight is 383 g/mol. The molecule has 7 nitrogen and oxygen atoms in total. The maximum absolute atomic E-state index is 12.5. The molecule has 1 fully saturated rings. The number of aromatic nitrogens is 2. The third kappa shape index (κ3) is 4.01. The molecule has 0 radical (unpaired) electrons. The van der Waals surface area contributed by atoms with Crippen molar-refractivity contribution in [1.82, 2.24) is 14.7 Å². The van der Waals surface area contributed by atoms with Gasteiger partial charge >= 0.3 is 0 Å². The van der Waals surface area contributed by atoms with Crippen molar-refractivity contribution in [2.75, 3.05) is 19.0 Å². The van der Waals surface area contributed by atoms with E-state index in [-0.39, 0.29) is 0 Å². The first-order chi connectivity index (χ1) is 13.0. The van der Waals surface area contributed by atoms with E-state index in [0.29, 0.717) is 23.2 Å². The van der Waals surface area contributed by atoms with E-state index in [1.165, 1.54) is 6.33 Å². The summed E-state index contributed by atoms with van der Waals surface area (Å²) in [4.78, 5) is 9.07. The maximum atomic E-state index is 12.5. The lowest BCUT2D eigenvalue weighted by atomic mass is 10.2. The predicted molar refractivity (Wildman–Crippen MR) is 106 cm³/mol. The number of nitrogens with zero attached hydrogens (tertiary/aromatic N) is 2. The van der Waals surface area contributed by atoms with E-state index in [9.17, 15) is 4.21 Å². The van der Waals surface area contributed by atoms with Gasteiger partial charge in [0, 0.05) is 23.7 Å². The Labute approximate surface area is 158 Å². The van der Waals surface area contributed by atoms with Crippen LogP contribution in [0.25, 0.3) is 10.9 Å². The molecule has 140 valence electrons. The summed E-state index contributed by atoms with van der Waals surface area (Å²) in [5, 5.41) is 4.13. The first kappa shape index (κ1) is 17.7. The molecule has 1 saturated carbocycles. The molecule has 0 bridgehead atoms. The van der Waals surface area contributed by atoms with E-state index in [2.05, 4.69) is 20.0 Å². The minimum atomic E-state index is -2.96. The van der Waals surface area contributed by atoms with Crippen LogP contribution in [0.5, 0.6) is 5.75 Å². The third-order valence-corrected chi connectivity index (χ3v) is 6.07. The van der Waals surface area contributed by atoms with Crippen molar-refractivity contribution in [3.8, 4) is 5.75 Å². The fourth-order valence-electron chi connectivity index (χ4n) is 2.77. The van der Waals surface area contributed by atoms with Crippen LogP contribution >= 0.6 is 0 Å². The van der Waals surface area contributed by atoms with Crippen LogP contribution in [0.4, 0.5) is 11.5 Å². The van der Waals surface area contributed by atoms with E-state index in [1.54, 1.807) is 31.4 Å². The van der Waals surface area contributed by atoms with Gasteiger partial charge in [-0.1, -0.05) is 0 Å². The van der Waals surface area contributed by atoms with Crippen molar-refractivity contribution in [1.29, 1.82) is 4.78 Å². The molecule has 1 unspecified atom stereocenters. The first-order valence-corrected chi connectivity index (χ1v) is 10.3. The molecule has 3 N–H and O–H groups in total. The Morgan fingerprint density at radius 3 is 2.67 bits per heavy atom. The second kappa shape index (κ2) is 7.13. The summed E-state index contributed by atoms with van der Waals surface area (Å²) in [5.41, 5.74) is 1.58. The largest absolute Gasteiger partial charge is 0.497 e. The van der Waals surface area contributed by atoms with E-state index in [4.69, 9.17) is 9.52 Å². The van der Waals surface area contributed by atoms with Crippen molar-refractivity contribution in [3.05, 3.63) is 48.8 Å². The van der Waals surface area contributed by atoms with Gasteiger partial charge in [0.05, 0.1) is 17.5 Å². The molecule has 1 aliphatic carbocycles. The zero-order chi connectivity index (χ0) is 18.9. The molecule has 0 spiro atoms. The third-order valence-electron chi connectivity index (χ3n) is 4.56. The summed E-state index contributed by atoms with van der Waals surface area (Å²) in [6.07, 6.45) is 3.81. The molecule has 1 aliphatic rings. The maximum Gasteiger partial charge on any atom is 0.141 e. The number of fused-ring (bicyclic) bond motifs is 1. The summed E-state index contributed by atoms with van der Waals surface area (Å²) in [6, 6.07) is 12.7. The fraction of sp³-hybridized carbons (Fsp3) is 0.263. The molecule has 1 heterocycles. The van der Waals surface area contributed by atoms with E-state index < -0.39 is 9.92 Å². The summed E-state index contributed by atoms with van der Waals surface area (Å²) >= 11 is 0. The number of hydrogen-bond acceptors (Lipinski definition) is 6. The summed E-state index contributed by atoms with van der Waals surface area (Å²) in [6.45, 7) is 0.638. The highest BCUT2D eigenvalue weighted by atomic mass is 32.2. The zero-order valence-corrected chi connectivity index (χ0v) is 15.8. The summed E-state index contributed by atoms with van der Waals surface area (Å²) in [5.74, 6) is 1.98. The Hall–Kier alpha value is -2.71. The molecular weight excluding hydrogens is 362 g/mol. The lowest BCUT2D eigenvalue weighted by molar-refractivity contribution is 0.415. The van der Waals surface area contributed by atoms with Gasteiger partial charge in [0.2, 0.25) is 0 Å². The lowest BCUT2D eigenvalue weighted by Crippen LogP contribution is -2.24. The van der Waals surface area contributed by atoms with Gasteiger partial charge in [-0.3, -0.25) is 0 Å². The molecule has 2 aromatic carbocycles. The Morgan fingerprint density at radius 2 is 1.96 bits per heavy atom. The smallest absolute Gasteiger partial charge is 0.141 e. The standard InChI is InChI=1S/C19H21N5O2S/c1-26-15-6-9-17-18(10-15)21-12-22-19(17)24-14-4-7-16(8-5-14)27(20,25)23-11-13-2-3-13/h4-10,12-13H,2-3,11H2,1H3,(H2,20,23,25)(H,21,22,24). The van der Waals surface area contributed by atoms with Crippen molar-refractivity contribution >= 4 is 32.3 Å². The average Bonchev–Trinajstić information content (AvgIpc) is 3.51. The zero-order valence-electron chi connectivity index (χ0n) is 14.9. The molecule has 4 rings (SSSR count). The van der Waals surface area contributed by atoms with Gasteiger partial charge in [-0.15, -0.1) is 0 Å². The van der Waals surface area contributed by atoms with Crippen LogP contribution < -0.4 is 14.8 Å². The second-order valence-electron chi connectivity index (χ2n) is 6.60. The highest BCUT2D eigenvalue weighted by Gasteiger charge is 2.23. The Morgan fingerprint density at radius 1 is 1.19 bits per heavy atom. The minimum absolute atomic E-state index is 0.478. The van der Waals surface area contributed by atoms with Crippen LogP contribution in [0, 0.1) is 10.7 Å². The van der Waals surface area contributed by atoms with Crippen LogP contribution in [0.1, 0.15) is 12.8 Å². The van der Waals surface area contributed by atoms with Crippen LogP contribution in [-0.4, -0.2) is 27.8 Å².